The molecule has 0 saturated carbocycles. The van der Waals surface area contributed by atoms with Gasteiger partial charge in [0.25, 0.3) is 5.95 Å². The zero-order valence-corrected chi connectivity index (χ0v) is 8.19. The second-order valence-electron chi connectivity index (χ2n) is 3.06. The predicted octanol–water partition coefficient (Wildman–Crippen LogP) is 0.449. The molecule has 13 heavy (non-hydrogen) atoms. The number of hydrogen-bond acceptors (Lipinski definition) is 5. The molecule has 0 amide bonds. The quantitative estimate of drug-likeness (QED) is 0.737. The van der Waals surface area contributed by atoms with Crippen molar-refractivity contribution >= 4 is 5.95 Å². The molecular formula is C8H15N3O2. The van der Waals surface area contributed by atoms with Crippen molar-refractivity contribution in [2.24, 2.45) is 0 Å². The van der Waals surface area contributed by atoms with Crippen LogP contribution in [0.1, 0.15) is 19.7 Å². The number of hydrogen-bond donors (Lipinski definition) is 1. The molecule has 0 aliphatic carbocycles. The fraction of sp³-hybridized carbons (Fsp3) is 0.750. The van der Waals surface area contributed by atoms with Crippen molar-refractivity contribution in [2.75, 3.05) is 18.5 Å². The smallest absolute Gasteiger partial charge is 0.265 e. The second-order valence-corrected chi connectivity index (χ2v) is 3.06. The van der Waals surface area contributed by atoms with E-state index in [9.17, 15) is 0 Å². The van der Waals surface area contributed by atoms with Crippen molar-refractivity contribution in [1.29, 1.82) is 0 Å². The van der Waals surface area contributed by atoms with Gasteiger partial charge in [-0.1, -0.05) is 0 Å². The average Bonchev–Trinajstić information content (AvgIpc) is 2.50. The van der Waals surface area contributed by atoms with Gasteiger partial charge < -0.3 is 14.5 Å². The van der Waals surface area contributed by atoms with Crippen LogP contribution in [-0.2, 0) is 6.42 Å². The third kappa shape index (κ3) is 2.69. The Bertz CT molecular complexity index is 260. The van der Waals surface area contributed by atoms with Gasteiger partial charge in [-0.05, 0) is 19.0 Å². The van der Waals surface area contributed by atoms with Crippen molar-refractivity contribution in [3.8, 4) is 0 Å². The lowest BCUT2D eigenvalue weighted by Gasteiger charge is -2.08. The van der Waals surface area contributed by atoms with E-state index in [4.69, 9.17) is 9.63 Å². The van der Waals surface area contributed by atoms with Gasteiger partial charge in [0.2, 0.25) is 5.89 Å². The van der Waals surface area contributed by atoms with Crippen LogP contribution in [0.5, 0.6) is 0 Å². The summed E-state index contributed by atoms with van der Waals surface area (Å²) >= 11 is 0. The highest BCUT2D eigenvalue weighted by molar-refractivity contribution is 5.25. The van der Waals surface area contributed by atoms with E-state index in [1.165, 1.54) is 0 Å². The highest BCUT2D eigenvalue weighted by atomic mass is 16.5. The van der Waals surface area contributed by atoms with Gasteiger partial charge in [-0.2, -0.15) is 4.98 Å². The Hall–Kier alpha value is -1.10. The first-order valence-corrected chi connectivity index (χ1v) is 4.35. The molecule has 1 atom stereocenters. The summed E-state index contributed by atoms with van der Waals surface area (Å²) in [6, 6.07) is 0. The topological polar surface area (TPSA) is 62.4 Å². The normalized spacial score (nSPS) is 12.9. The molecule has 5 heteroatoms. The lowest BCUT2D eigenvalue weighted by Crippen LogP contribution is -2.17. The number of aromatic nitrogens is 2. The first-order valence-electron chi connectivity index (χ1n) is 4.35. The minimum atomic E-state index is -0.444. The first-order chi connectivity index (χ1) is 6.13. The van der Waals surface area contributed by atoms with Crippen molar-refractivity contribution in [2.45, 2.75) is 26.4 Å². The van der Waals surface area contributed by atoms with Crippen LogP contribution in [0, 0.1) is 0 Å². The minimum absolute atomic E-state index is 0.407. The molecular weight excluding hydrogens is 170 g/mol. The van der Waals surface area contributed by atoms with Gasteiger partial charge in [0.15, 0.2) is 0 Å². The second kappa shape index (κ2) is 4.23. The Morgan fingerprint density at radius 1 is 1.62 bits per heavy atom. The number of anilines is 1. The molecule has 1 rings (SSSR count). The summed E-state index contributed by atoms with van der Waals surface area (Å²) in [4.78, 5) is 5.98. The van der Waals surface area contributed by atoms with Gasteiger partial charge in [-0.25, -0.2) is 0 Å². The van der Waals surface area contributed by atoms with E-state index in [1.54, 1.807) is 6.92 Å². The predicted molar refractivity (Wildman–Crippen MR) is 48.6 cm³/mol. The number of nitrogens with zero attached hydrogens (tertiary/aromatic N) is 3. The maximum atomic E-state index is 9.07. The fourth-order valence-electron chi connectivity index (χ4n) is 0.878. The zero-order chi connectivity index (χ0) is 9.84. The van der Waals surface area contributed by atoms with E-state index < -0.39 is 6.10 Å². The van der Waals surface area contributed by atoms with Crippen LogP contribution in [0.2, 0.25) is 0 Å². The van der Waals surface area contributed by atoms with Crippen molar-refractivity contribution < 1.29 is 9.63 Å². The molecule has 0 spiro atoms. The zero-order valence-electron chi connectivity index (χ0n) is 8.19. The number of aliphatic hydroxyl groups excluding tert-OH is 1. The summed E-state index contributed by atoms with van der Waals surface area (Å²) < 4.78 is 4.94. The largest absolute Gasteiger partial charge is 0.393 e. The lowest BCUT2D eigenvalue weighted by atomic mass is 10.3. The lowest BCUT2D eigenvalue weighted by molar-refractivity contribution is 0.181. The third-order valence-electron chi connectivity index (χ3n) is 1.74. The van der Waals surface area contributed by atoms with Crippen LogP contribution >= 0.6 is 0 Å². The Labute approximate surface area is 77.4 Å². The number of aliphatic hydroxyl groups is 1. The Morgan fingerprint density at radius 2 is 2.31 bits per heavy atom. The van der Waals surface area contributed by atoms with E-state index in [-0.39, 0.29) is 0 Å². The highest BCUT2D eigenvalue weighted by Gasteiger charge is 2.10. The van der Waals surface area contributed by atoms with E-state index in [2.05, 4.69) is 10.1 Å². The van der Waals surface area contributed by atoms with Crippen LogP contribution in [0.15, 0.2) is 4.52 Å². The molecule has 0 fully saturated rings. The van der Waals surface area contributed by atoms with Gasteiger partial charge in [0.1, 0.15) is 0 Å². The van der Waals surface area contributed by atoms with Crippen LogP contribution < -0.4 is 4.90 Å². The summed E-state index contributed by atoms with van der Waals surface area (Å²) in [6.45, 7) is 4.52. The van der Waals surface area contributed by atoms with Gasteiger partial charge >= 0.3 is 0 Å². The van der Waals surface area contributed by atoms with Gasteiger partial charge in [-0.3, -0.25) is 0 Å². The van der Waals surface area contributed by atoms with E-state index >= 15 is 0 Å². The molecule has 0 aromatic carbocycles. The molecule has 1 aromatic heterocycles. The SMILES string of the molecule is CCN(C)c1noc(CC(C)O)n1. The maximum Gasteiger partial charge on any atom is 0.265 e. The standard InChI is InChI=1S/C8H15N3O2/c1-4-11(3)8-9-7(13-10-8)5-6(2)12/h6,12H,4-5H2,1-3H3. The molecule has 1 unspecified atom stereocenters. The van der Waals surface area contributed by atoms with Crippen LogP contribution in [0.4, 0.5) is 5.95 Å². The summed E-state index contributed by atoms with van der Waals surface area (Å²) in [7, 11) is 1.89. The Morgan fingerprint density at radius 3 is 2.85 bits per heavy atom. The molecule has 1 N–H and O–H groups in total. The molecule has 1 heterocycles. The fourth-order valence-corrected chi connectivity index (χ4v) is 0.878. The van der Waals surface area contributed by atoms with Crippen LogP contribution in [-0.4, -0.2) is 34.9 Å². The molecule has 0 aliphatic rings. The van der Waals surface area contributed by atoms with Crippen LogP contribution in [0.25, 0.3) is 0 Å². The van der Waals surface area contributed by atoms with Gasteiger partial charge in [0, 0.05) is 13.6 Å². The molecule has 0 saturated heterocycles. The summed E-state index contributed by atoms with van der Waals surface area (Å²) in [6.07, 6.45) is -0.0369. The highest BCUT2D eigenvalue weighted by Crippen LogP contribution is 2.08. The number of rotatable bonds is 4. The maximum absolute atomic E-state index is 9.07. The van der Waals surface area contributed by atoms with E-state index in [0.29, 0.717) is 18.3 Å². The minimum Gasteiger partial charge on any atom is -0.393 e. The summed E-state index contributed by atoms with van der Waals surface area (Å²) in [5, 5.41) is 12.8. The van der Waals surface area contributed by atoms with Crippen LogP contribution in [0.3, 0.4) is 0 Å². The molecule has 1 aromatic rings. The van der Waals surface area contributed by atoms with Crippen molar-refractivity contribution in [1.82, 2.24) is 10.1 Å². The first kappa shape index (κ1) is 9.98. The molecule has 0 radical (unpaired) electrons. The van der Waals surface area contributed by atoms with Gasteiger partial charge in [-0.15, -0.1) is 0 Å². The van der Waals surface area contributed by atoms with Crippen molar-refractivity contribution in [3.63, 3.8) is 0 Å². The summed E-state index contributed by atoms with van der Waals surface area (Å²) in [5.41, 5.74) is 0. The monoisotopic (exact) mass is 185 g/mol. The molecule has 0 aliphatic heterocycles. The summed E-state index contributed by atoms with van der Waals surface area (Å²) in [5.74, 6) is 1.04. The van der Waals surface area contributed by atoms with E-state index in [0.717, 1.165) is 6.54 Å². The molecule has 74 valence electrons. The Kier molecular flexibility index (Phi) is 3.25. The molecule has 5 nitrogen and oxygen atoms in total. The average molecular weight is 185 g/mol. The van der Waals surface area contributed by atoms with Crippen molar-refractivity contribution in [3.05, 3.63) is 5.89 Å². The van der Waals surface area contributed by atoms with E-state index in [1.807, 2.05) is 18.9 Å². The van der Waals surface area contributed by atoms with Gasteiger partial charge in [0.05, 0.1) is 12.5 Å². The third-order valence-corrected chi connectivity index (χ3v) is 1.74. The molecule has 0 bridgehead atoms. The Balaban J connectivity index is 2.63.